The summed E-state index contributed by atoms with van der Waals surface area (Å²) >= 11 is 1.50. The zero-order valence-corrected chi connectivity index (χ0v) is 15.5. The van der Waals surface area contributed by atoms with Gasteiger partial charge in [0.15, 0.2) is 0 Å². The molecule has 26 heavy (non-hydrogen) atoms. The molecule has 0 atom stereocenters. The van der Waals surface area contributed by atoms with Crippen molar-refractivity contribution in [1.29, 1.82) is 0 Å². The average molecular weight is 367 g/mol. The van der Waals surface area contributed by atoms with E-state index in [4.69, 9.17) is 0 Å². The topological polar surface area (TPSA) is 74.8 Å². The van der Waals surface area contributed by atoms with Crippen LogP contribution in [0, 0.1) is 6.92 Å². The maximum atomic E-state index is 12.7. The molecule has 134 valence electrons. The zero-order chi connectivity index (χ0) is 18.1. The Morgan fingerprint density at radius 2 is 2.00 bits per heavy atom. The third-order valence-electron chi connectivity index (χ3n) is 4.90. The van der Waals surface area contributed by atoms with Crippen LogP contribution in [0.3, 0.4) is 0 Å². The van der Waals surface area contributed by atoms with Crippen LogP contribution in [0.4, 0.5) is 0 Å². The molecule has 6 heteroatoms. The van der Waals surface area contributed by atoms with Crippen molar-refractivity contribution in [3.63, 3.8) is 0 Å². The van der Waals surface area contributed by atoms with Crippen LogP contribution >= 0.6 is 11.3 Å². The number of nitrogens with one attached hydrogen (secondary N) is 2. The number of amides is 1. The van der Waals surface area contributed by atoms with E-state index in [-0.39, 0.29) is 23.9 Å². The third-order valence-corrected chi connectivity index (χ3v) is 5.90. The molecule has 1 aliphatic carbocycles. The minimum Gasteiger partial charge on any atom is -0.353 e. The van der Waals surface area contributed by atoms with Crippen LogP contribution in [0.25, 0.3) is 21.3 Å². The first kappa shape index (κ1) is 17.0. The molecule has 5 nitrogen and oxygen atoms in total. The van der Waals surface area contributed by atoms with E-state index in [0.29, 0.717) is 16.0 Å². The maximum Gasteiger partial charge on any atom is 0.260 e. The molecule has 1 aliphatic rings. The number of fused-ring (bicyclic) bond motifs is 1. The highest BCUT2D eigenvalue weighted by atomic mass is 32.1. The van der Waals surface area contributed by atoms with E-state index in [2.05, 4.69) is 15.3 Å². The van der Waals surface area contributed by atoms with Crippen LogP contribution < -0.4 is 10.9 Å². The van der Waals surface area contributed by atoms with Gasteiger partial charge in [0.2, 0.25) is 5.91 Å². The summed E-state index contributed by atoms with van der Waals surface area (Å²) in [4.78, 5) is 34.1. The molecule has 0 bridgehead atoms. The number of hydrogen-bond donors (Lipinski definition) is 2. The van der Waals surface area contributed by atoms with Crippen molar-refractivity contribution in [2.45, 2.75) is 45.1 Å². The molecule has 0 radical (unpaired) electrons. The second kappa shape index (κ2) is 7.03. The Kier molecular flexibility index (Phi) is 4.59. The summed E-state index contributed by atoms with van der Waals surface area (Å²) in [6, 6.07) is 10.1. The van der Waals surface area contributed by atoms with E-state index in [1.54, 1.807) is 0 Å². The molecule has 1 aromatic carbocycles. The van der Waals surface area contributed by atoms with Gasteiger partial charge in [0.05, 0.1) is 11.8 Å². The number of benzene rings is 1. The van der Waals surface area contributed by atoms with Crippen LogP contribution in [-0.2, 0) is 11.2 Å². The minimum atomic E-state index is -0.179. The second-order valence-corrected chi connectivity index (χ2v) is 8.02. The van der Waals surface area contributed by atoms with Crippen LogP contribution in [-0.4, -0.2) is 21.9 Å². The van der Waals surface area contributed by atoms with Crippen molar-refractivity contribution in [1.82, 2.24) is 15.3 Å². The first-order valence-electron chi connectivity index (χ1n) is 8.99. The van der Waals surface area contributed by atoms with Crippen molar-refractivity contribution in [2.75, 3.05) is 0 Å². The summed E-state index contributed by atoms with van der Waals surface area (Å²) in [6.45, 7) is 2.00. The fourth-order valence-electron chi connectivity index (χ4n) is 3.70. The van der Waals surface area contributed by atoms with Gasteiger partial charge in [-0.15, -0.1) is 11.3 Å². The molecule has 0 saturated heterocycles. The minimum absolute atomic E-state index is 0.0732. The van der Waals surface area contributed by atoms with Crippen LogP contribution in [0.1, 0.15) is 36.4 Å². The predicted octanol–water partition coefficient (Wildman–Crippen LogP) is 3.56. The summed E-state index contributed by atoms with van der Waals surface area (Å²) in [7, 11) is 0. The normalized spacial score (nSPS) is 14.8. The molecule has 2 heterocycles. The number of carbonyl (C=O) groups excluding carboxylic acids is 1. The number of aromatic amines is 1. The smallest absolute Gasteiger partial charge is 0.260 e. The Morgan fingerprint density at radius 1 is 1.27 bits per heavy atom. The number of rotatable bonds is 4. The predicted molar refractivity (Wildman–Crippen MR) is 105 cm³/mol. The van der Waals surface area contributed by atoms with Gasteiger partial charge in [-0.2, -0.15) is 0 Å². The van der Waals surface area contributed by atoms with Crippen molar-refractivity contribution in [2.24, 2.45) is 0 Å². The van der Waals surface area contributed by atoms with Crippen molar-refractivity contribution in [3.8, 4) is 11.1 Å². The van der Waals surface area contributed by atoms with Gasteiger partial charge >= 0.3 is 0 Å². The number of carbonyl (C=O) groups is 1. The molecular formula is C20H21N3O2S. The number of aryl methyl sites for hydroxylation is 1. The fraction of sp³-hybridized carbons (Fsp3) is 0.350. The molecule has 1 amide bonds. The molecule has 3 aromatic rings. The molecule has 0 spiro atoms. The molecule has 4 rings (SSSR count). The summed E-state index contributed by atoms with van der Waals surface area (Å²) in [6.07, 6.45) is 4.53. The van der Waals surface area contributed by atoms with E-state index in [9.17, 15) is 9.59 Å². The molecular weight excluding hydrogens is 346 g/mol. The maximum absolute atomic E-state index is 12.7. The second-order valence-electron chi connectivity index (χ2n) is 6.82. The van der Waals surface area contributed by atoms with Gasteiger partial charge in [-0.05, 0) is 25.3 Å². The highest BCUT2D eigenvalue weighted by Crippen LogP contribution is 2.35. The largest absolute Gasteiger partial charge is 0.353 e. The van der Waals surface area contributed by atoms with E-state index in [0.717, 1.165) is 28.8 Å². The van der Waals surface area contributed by atoms with Gasteiger partial charge in [0.1, 0.15) is 10.7 Å². The molecule has 1 saturated carbocycles. The summed E-state index contributed by atoms with van der Waals surface area (Å²) in [5, 5.41) is 3.65. The lowest BCUT2D eigenvalue weighted by Gasteiger charge is -2.11. The lowest BCUT2D eigenvalue weighted by atomic mass is 10.0. The lowest BCUT2D eigenvalue weighted by molar-refractivity contribution is -0.121. The fourth-order valence-corrected chi connectivity index (χ4v) is 4.77. The number of thiophene rings is 1. The van der Waals surface area contributed by atoms with Crippen LogP contribution in [0.5, 0.6) is 0 Å². The van der Waals surface area contributed by atoms with E-state index in [1.807, 2.05) is 37.3 Å². The Bertz CT molecular complexity index is 1000. The van der Waals surface area contributed by atoms with E-state index in [1.165, 1.54) is 24.2 Å². The highest BCUT2D eigenvalue weighted by Gasteiger charge is 2.20. The third kappa shape index (κ3) is 3.29. The Labute approximate surface area is 155 Å². The molecule has 2 aromatic heterocycles. The van der Waals surface area contributed by atoms with Crippen LogP contribution in [0.2, 0.25) is 0 Å². The van der Waals surface area contributed by atoms with Crippen molar-refractivity contribution >= 4 is 27.5 Å². The molecule has 0 aliphatic heterocycles. The first-order valence-corrected chi connectivity index (χ1v) is 9.80. The van der Waals surface area contributed by atoms with E-state index >= 15 is 0 Å². The highest BCUT2D eigenvalue weighted by molar-refractivity contribution is 7.19. The van der Waals surface area contributed by atoms with Crippen molar-refractivity contribution in [3.05, 3.63) is 51.4 Å². The Morgan fingerprint density at radius 3 is 2.73 bits per heavy atom. The van der Waals surface area contributed by atoms with Gasteiger partial charge in [0.25, 0.3) is 5.56 Å². The summed E-state index contributed by atoms with van der Waals surface area (Å²) in [5.41, 5.74) is 1.76. The lowest BCUT2D eigenvalue weighted by Crippen LogP contribution is -2.34. The standard InChI is InChI=1S/C20H21N3O2S/c1-12-17(13-7-3-2-4-8-13)18-19(25)22-15(23-20(18)26-12)11-16(24)21-14-9-5-6-10-14/h2-4,7-8,14H,5-6,9-11H2,1H3,(H,21,24)(H,22,23,25). The average Bonchev–Trinajstić information content (AvgIpc) is 3.22. The first-order chi connectivity index (χ1) is 12.6. The monoisotopic (exact) mass is 367 g/mol. The van der Waals surface area contributed by atoms with Gasteiger partial charge in [0, 0.05) is 16.5 Å². The zero-order valence-electron chi connectivity index (χ0n) is 14.7. The molecule has 0 unspecified atom stereocenters. The van der Waals surface area contributed by atoms with Crippen LogP contribution in [0.15, 0.2) is 35.1 Å². The van der Waals surface area contributed by atoms with Gasteiger partial charge in [-0.3, -0.25) is 9.59 Å². The molecule has 1 fully saturated rings. The number of hydrogen-bond acceptors (Lipinski definition) is 4. The van der Waals surface area contributed by atoms with Gasteiger partial charge < -0.3 is 10.3 Å². The summed E-state index contributed by atoms with van der Waals surface area (Å²) < 4.78 is 0. The summed E-state index contributed by atoms with van der Waals surface area (Å²) in [5.74, 6) is 0.356. The van der Waals surface area contributed by atoms with Crippen molar-refractivity contribution < 1.29 is 4.79 Å². The number of aromatic nitrogens is 2. The quantitative estimate of drug-likeness (QED) is 0.740. The Balaban J connectivity index is 1.65. The number of H-pyrrole nitrogens is 1. The molecule has 2 N–H and O–H groups in total. The Hall–Kier alpha value is -2.47. The SMILES string of the molecule is Cc1sc2nc(CC(=O)NC3CCCC3)[nH]c(=O)c2c1-c1ccccc1. The number of nitrogens with zero attached hydrogens (tertiary/aromatic N) is 1. The van der Waals surface area contributed by atoms with Gasteiger partial charge in [-0.1, -0.05) is 43.2 Å². The van der Waals surface area contributed by atoms with E-state index < -0.39 is 0 Å². The van der Waals surface area contributed by atoms with Gasteiger partial charge in [-0.25, -0.2) is 4.98 Å².